The van der Waals surface area contributed by atoms with Crippen molar-refractivity contribution in [1.29, 1.82) is 0 Å². The van der Waals surface area contributed by atoms with Gasteiger partial charge in [0.05, 0.1) is 6.54 Å². The molecule has 0 aliphatic carbocycles. The number of rotatable bonds is 9. The molecular weight excluding hydrogens is 220 g/mol. The molecule has 0 bridgehead atoms. The van der Waals surface area contributed by atoms with Crippen LogP contribution < -0.4 is 5.32 Å². The summed E-state index contributed by atoms with van der Waals surface area (Å²) in [7, 11) is 1.85. The first-order chi connectivity index (χ1) is 8.01. The lowest BCUT2D eigenvalue weighted by Crippen LogP contribution is -2.45. The van der Waals surface area contributed by atoms with E-state index in [1.807, 2.05) is 25.8 Å². The number of aliphatic carboxylic acids is 1. The first-order valence-corrected chi connectivity index (χ1v) is 6.21. The van der Waals surface area contributed by atoms with Crippen LogP contribution in [0.5, 0.6) is 0 Å². The highest BCUT2D eigenvalue weighted by atomic mass is 16.4. The largest absolute Gasteiger partial charge is 0.480 e. The van der Waals surface area contributed by atoms with Gasteiger partial charge in [0.1, 0.15) is 6.04 Å². The first kappa shape index (κ1) is 15.9. The van der Waals surface area contributed by atoms with Gasteiger partial charge >= 0.3 is 5.97 Å². The first-order valence-electron chi connectivity index (χ1n) is 6.21. The maximum Gasteiger partial charge on any atom is 0.326 e. The Morgan fingerprint density at radius 3 is 2.41 bits per heavy atom. The van der Waals surface area contributed by atoms with Crippen LogP contribution in [-0.2, 0) is 9.59 Å². The molecule has 5 nitrogen and oxygen atoms in total. The number of hydrogen-bond donors (Lipinski definition) is 2. The Morgan fingerprint density at radius 2 is 1.94 bits per heavy atom. The van der Waals surface area contributed by atoms with E-state index in [4.69, 9.17) is 5.11 Å². The Labute approximate surface area is 103 Å². The lowest BCUT2D eigenvalue weighted by molar-refractivity contribution is -0.142. The quantitative estimate of drug-likeness (QED) is 0.637. The van der Waals surface area contributed by atoms with Gasteiger partial charge in [-0.2, -0.15) is 0 Å². The Hall–Kier alpha value is -1.10. The molecule has 5 heteroatoms. The van der Waals surface area contributed by atoms with Crippen LogP contribution in [0.3, 0.4) is 0 Å². The van der Waals surface area contributed by atoms with Gasteiger partial charge in [-0.1, -0.05) is 26.7 Å². The summed E-state index contributed by atoms with van der Waals surface area (Å²) in [6, 6.07) is -0.752. The maximum atomic E-state index is 11.6. The molecule has 0 heterocycles. The number of carboxylic acid groups (broad SMARTS) is 1. The minimum Gasteiger partial charge on any atom is -0.480 e. The predicted octanol–water partition coefficient (Wildman–Crippen LogP) is 1.09. The summed E-state index contributed by atoms with van der Waals surface area (Å²) < 4.78 is 0. The molecule has 0 spiro atoms. The number of carboxylic acids is 1. The molecule has 0 saturated heterocycles. The highest BCUT2D eigenvalue weighted by molar-refractivity contribution is 5.84. The van der Waals surface area contributed by atoms with Crippen molar-refractivity contribution in [2.24, 2.45) is 0 Å². The SMILES string of the molecule is CCCC[C@H](NC(=O)CN(C)CCC)C(=O)O. The van der Waals surface area contributed by atoms with Crippen LogP contribution >= 0.6 is 0 Å². The van der Waals surface area contributed by atoms with Gasteiger partial charge in [0.2, 0.25) is 5.91 Å². The molecule has 0 unspecified atom stereocenters. The van der Waals surface area contributed by atoms with Crippen molar-refractivity contribution < 1.29 is 14.7 Å². The van der Waals surface area contributed by atoms with Gasteiger partial charge in [-0.25, -0.2) is 4.79 Å². The van der Waals surface area contributed by atoms with E-state index in [9.17, 15) is 9.59 Å². The molecule has 0 radical (unpaired) electrons. The van der Waals surface area contributed by atoms with Crippen molar-refractivity contribution in [2.45, 2.75) is 45.6 Å². The fraction of sp³-hybridized carbons (Fsp3) is 0.833. The van der Waals surface area contributed by atoms with Gasteiger partial charge in [0.15, 0.2) is 0 Å². The number of nitrogens with one attached hydrogen (secondary N) is 1. The van der Waals surface area contributed by atoms with Crippen molar-refractivity contribution in [3.05, 3.63) is 0 Å². The van der Waals surface area contributed by atoms with Gasteiger partial charge in [-0.05, 0) is 26.4 Å². The number of nitrogens with zero attached hydrogens (tertiary/aromatic N) is 1. The van der Waals surface area contributed by atoms with Crippen LogP contribution in [0.4, 0.5) is 0 Å². The van der Waals surface area contributed by atoms with Crippen molar-refractivity contribution in [1.82, 2.24) is 10.2 Å². The number of carbonyl (C=O) groups excluding carboxylic acids is 1. The summed E-state index contributed by atoms with van der Waals surface area (Å²) in [5.41, 5.74) is 0. The predicted molar refractivity (Wildman–Crippen MR) is 66.9 cm³/mol. The van der Waals surface area contributed by atoms with Crippen molar-refractivity contribution >= 4 is 11.9 Å². The van der Waals surface area contributed by atoms with E-state index in [0.717, 1.165) is 25.8 Å². The van der Waals surface area contributed by atoms with Crippen molar-refractivity contribution in [3.63, 3.8) is 0 Å². The van der Waals surface area contributed by atoms with E-state index in [0.29, 0.717) is 6.42 Å². The molecule has 0 aromatic heterocycles. The molecule has 0 rings (SSSR count). The zero-order valence-electron chi connectivity index (χ0n) is 11.0. The Morgan fingerprint density at radius 1 is 1.29 bits per heavy atom. The van der Waals surface area contributed by atoms with Gasteiger partial charge in [0.25, 0.3) is 0 Å². The molecule has 1 atom stereocenters. The fourth-order valence-corrected chi connectivity index (χ4v) is 1.61. The van der Waals surface area contributed by atoms with Crippen LogP contribution in [0.2, 0.25) is 0 Å². The molecule has 0 fully saturated rings. The van der Waals surface area contributed by atoms with Crippen LogP contribution in [-0.4, -0.2) is 48.1 Å². The van der Waals surface area contributed by atoms with Gasteiger partial charge in [-0.15, -0.1) is 0 Å². The van der Waals surface area contributed by atoms with Crippen LogP contribution in [0.15, 0.2) is 0 Å². The maximum absolute atomic E-state index is 11.6. The van der Waals surface area contributed by atoms with E-state index in [1.165, 1.54) is 0 Å². The number of likely N-dealkylation sites (N-methyl/N-ethyl adjacent to an activating group) is 1. The summed E-state index contributed by atoms with van der Waals surface area (Å²) in [4.78, 5) is 24.4. The molecular formula is C12H24N2O3. The normalized spacial score (nSPS) is 12.5. The molecule has 0 aliphatic rings. The molecule has 0 aliphatic heterocycles. The molecule has 0 aromatic rings. The summed E-state index contributed by atoms with van der Waals surface area (Å²) in [6.07, 6.45) is 3.20. The van der Waals surface area contributed by atoms with Crippen LogP contribution in [0, 0.1) is 0 Å². The third kappa shape index (κ3) is 7.74. The van der Waals surface area contributed by atoms with E-state index in [-0.39, 0.29) is 12.5 Å². The minimum atomic E-state index is -0.954. The highest BCUT2D eigenvalue weighted by Gasteiger charge is 2.19. The van der Waals surface area contributed by atoms with Crippen molar-refractivity contribution in [2.75, 3.05) is 20.1 Å². The number of unbranched alkanes of at least 4 members (excludes halogenated alkanes) is 1. The molecule has 1 amide bonds. The number of hydrogen-bond acceptors (Lipinski definition) is 3. The number of carbonyl (C=O) groups is 2. The van der Waals surface area contributed by atoms with E-state index in [1.54, 1.807) is 0 Å². The summed E-state index contributed by atoms with van der Waals surface area (Å²) in [6.45, 7) is 5.12. The second kappa shape index (κ2) is 8.98. The van der Waals surface area contributed by atoms with E-state index >= 15 is 0 Å². The van der Waals surface area contributed by atoms with Crippen LogP contribution in [0.25, 0.3) is 0 Å². The standard InChI is InChI=1S/C12H24N2O3/c1-4-6-7-10(12(16)17)13-11(15)9-14(3)8-5-2/h10H,4-9H2,1-3H3,(H,13,15)(H,16,17)/t10-/m0/s1. The lowest BCUT2D eigenvalue weighted by Gasteiger charge is -2.18. The Bertz CT molecular complexity index is 244. The average molecular weight is 244 g/mol. The lowest BCUT2D eigenvalue weighted by atomic mass is 10.1. The Kier molecular flexibility index (Phi) is 8.40. The second-order valence-corrected chi connectivity index (χ2v) is 4.34. The Balaban J connectivity index is 4.07. The highest BCUT2D eigenvalue weighted by Crippen LogP contribution is 2.01. The molecule has 100 valence electrons. The topological polar surface area (TPSA) is 69.6 Å². The van der Waals surface area contributed by atoms with E-state index in [2.05, 4.69) is 5.32 Å². The minimum absolute atomic E-state index is 0.218. The van der Waals surface area contributed by atoms with Gasteiger partial charge in [0, 0.05) is 0 Å². The zero-order chi connectivity index (χ0) is 13.3. The van der Waals surface area contributed by atoms with Crippen LogP contribution in [0.1, 0.15) is 39.5 Å². The smallest absolute Gasteiger partial charge is 0.326 e. The third-order valence-corrected chi connectivity index (χ3v) is 2.50. The van der Waals surface area contributed by atoms with Gasteiger partial charge in [-0.3, -0.25) is 9.69 Å². The fourth-order valence-electron chi connectivity index (χ4n) is 1.61. The van der Waals surface area contributed by atoms with Crippen molar-refractivity contribution in [3.8, 4) is 0 Å². The van der Waals surface area contributed by atoms with Gasteiger partial charge < -0.3 is 10.4 Å². The summed E-state index contributed by atoms with van der Waals surface area (Å²) in [5.74, 6) is -1.17. The van der Waals surface area contributed by atoms with E-state index < -0.39 is 12.0 Å². The number of amides is 1. The average Bonchev–Trinajstić information content (AvgIpc) is 2.23. The molecule has 0 saturated carbocycles. The molecule has 2 N–H and O–H groups in total. The molecule has 17 heavy (non-hydrogen) atoms. The third-order valence-electron chi connectivity index (χ3n) is 2.50. The molecule has 0 aromatic carbocycles. The summed E-state index contributed by atoms with van der Waals surface area (Å²) >= 11 is 0. The summed E-state index contributed by atoms with van der Waals surface area (Å²) in [5, 5.41) is 11.5. The second-order valence-electron chi connectivity index (χ2n) is 4.34. The monoisotopic (exact) mass is 244 g/mol. The zero-order valence-corrected chi connectivity index (χ0v) is 11.0.